The molecule has 2 amide bonds. The Hall–Kier alpha value is -4.70. The standard InChI is InChI=1S/C31H32FN5O4/c1-18-22(20-12-26(32)25(28(13-20)41-3)16-36-14-21(15-36)30(38)39)6-4-7-23(18)24-8-5-9-27(19(24)2)35-31(40)37-11-10-34-29(33)17-37/h4-13,21H,14-17H2,1-3H3,(H2,33,34)(H,35,40)(H,38,39). The minimum atomic E-state index is -0.832. The Morgan fingerprint density at radius 3 is 2.46 bits per heavy atom. The Bertz CT molecular complexity index is 1580. The van der Waals surface area contributed by atoms with Crippen molar-refractivity contribution in [3.63, 3.8) is 0 Å². The number of nitrogens with zero attached hydrogens (tertiary/aromatic N) is 3. The number of nitrogens with two attached hydrogens (primary N) is 1. The van der Waals surface area contributed by atoms with E-state index in [1.807, 2.05) is 61.2 Å². The molecule has 9 nitrogen and oxygen atoms in total. The fraction of sp³-hybridized carbons (Fsp3) is 0.258. The van der Waals surface area contributed by atoms with Crippen LogP contribution in [0.2, 0.25) is 0 Å². The number of carbonyl (C=O) groups is 2. The first-order valence-electron chi connectivity index (χ1n) is 13.2. The van der Waals surface area contributed by atoms with E-state index in [2.05, 4.69) is 10.3 Å². The number of ether oxygens (including phenoxy) is 1. The van der Waals surface area contributed by atoms with Crippen LogP contribution in [0.15, 0.2) is 65.9 Å². The van der Waals surface area contributed by atoms with Crippen LogP contribution in [-0.2, 0) is 11.3 Å². The van der Waals surface area contributed by atoms with Crippen LogP contribution in [0.1, 0.15) is 16.7 Å². The van der Waals surface area contributed by atoms with E-state index in [0.29, 0.717) is 41.5 Å². The van der Waals surface area contributed by atoms with Gasteiger partial charge in [-0.05, 0) is 65.4 Å². The van der Waals surface area contributed by atoms with E-state index in [1.165, 1.54) is 24.3 Å². The number of anilines is 1. The first-order valence-corrected chi connectivity index (χ1v) is 13.2. The molecule has 41 heavy (non-hydrogen) atoms. The Morgan fingerprint density at radius 2 is 1.78 bits per heavy atom. The SMILES string of the molecule is COc1cc(-c2cccc(-c3cccc(NC(=O)N4C=CN=C(N)C4)c3C)c2C)cc(F)c1CN1CC(C(=O)O)C1. The maximum Gasteiger partial charge on any atom is 0.326 e. The molecule has 0 saturated carbocycles. The summed E-state index contributed by atoms with van der Waals surface area (Å²) in [6, 6.07) is 14.6. The summed E-state index contributed by atoms with van der Waals surface area (Å²) in [6.07, 6.45) is 3.06. The molecule has 10 heteroatoms. The predicted octanol–water partition coefficient (Wildman–Crippen LogP) is 4.98. The molecule has 3 aromatic rings. The molecule has 0 unspecified atom stereocenters. The van der Waals surface area contributed by atoms with Crippen molar-refractivity contribution in [2.45, 2.75) is 20.4 Å². The fourth-order valence-corrected chi connectivity index (χ4v) is 5.29. The minimum absolute atomic E-state index is 0.210. The fourth-order valence-electron chi connectivity index (χ4n) is 5.29. The first-order chi connectivity index (χ1) is 19.7. The normalized spacial score (nSPS) is 15.3. The van der Waals surface area contributed by atoms with Gasteiger partial charge in [0.1, 0.15) is 17.4 Å². The molecule has 0 bridgehead atoms. The summed E-state index contributed by atoms with van der Waals surface area (Å²) in [5.41, 5.74) is 12.1. The summed E-state index contributed by atoms with van der Waals surface area (Å²) in [6.45, 7) is 5.19. The average molecular weight is 558 g/mol. The highest BCUT2D eigenvalue weighted by molar-refractivity contribution is 5.96. The first kappa shape index (κ1) is 27.9. The van der Waals surface area contributed by atoms with Crippen LogP contribution in [0.4, 0.5) is 14.9 Å². The van der Waals surface area contributed by atoms with Gasteiger partial charge < -0.3 is 20.9 Å². The van der Waals surface area contributed by atoms with E-state index in [-0.39, 0.29) is 19.1 Å². The summed E-state index contributed by atoms with van der Waals surface area (Å²) >= 11 is 0. The third kappa shape index (κ3) is 5.64. The summed E-state index contributed by atoms with van der Waals surface area (Å²) < 4.78 is 21.0. The molecule has 1 saturated heterocycles. The van der Waals surface area contributed by atoms with Crippen molar-refractivity contribution in [3.05, 3.63) is 83.4 Å². The van der Waals surface area contributed by atoms with Gasteiger partial charge >= 0.3 is 12.0 Å². The average Bonchev–Trinajstić information content (AvgIpc) is 2.92. The predicted molar refractivity (Wildman–Crippen MR) is 156 cm³/mol. The summed E-state index contributed by atoms with van der Waals surface area (Å²) in [7, 11) is 1.51. The van der Waals surface area contributed by atoms with Crippen molar-refractivity contribution >= 4 is 23.5 Å². The van der Waals surface area contributed by atoms with Gasteiger partial charge in [0, 0.05) is 43.3 Å². The van der Waals surface area contributed by atoms with Gasteiger partial charge in [0.2, 0.25) is 0 Å². The topological polar surface area (TPSA) is 120 Å². The minimum Gasteiger partial charge on any atom is -0.496 e. The quantitative estimate of drug-likeness (QED) is 0.377. The van der Waals surface area contributed by atoms with Crippen molar-refractivity contribution in [2.75, 3.05) is 32.1 Å². The third-order valence-electron chi connectivity index (χ3n) is 7.65. The summed E-state index contributed by atoms with van der Waals surface area (Å²) in [5, 5.41) is 12.1. The van der Waals surface area contributed by atoms with Crippen LogP contribution >= 0.6 is 0 Å². The number of aliphatic carboxylic acids is 1. The number of amidine groups is 1. The molecule has 5 rings (SSSR count). The van der Waals surface area contributed by atoms with E-state index in [4.69, 9.17) is 15.6 Å². The molecule has 0 radical (unpaired) electrons. The van der Waals surface area contributed by atoms with Gasteiger partial charge in [0.25, 0.3) is 0 Å². The number of likely N-dealkylation sites (tertiary alicyclic amines) is 1. The zero-order valence-electron chi connectivity index (χ0n) is 23.1. The van der Waals surface area contributed by atoms with E-state index in [0.717, 1.165) is 27.8 Å². The number of urea groups is 1. The maximum absolute atomic E-state index is 15.4. The Balaban J connectivity index is 1.42. The van der Waals surface area contributed by atoms with Crippen LogP contribution in [0.5, 0.6) is 5.75 Å². The molecule has 1 fully saturated rings. The molecule has 2 aliphatic rings. The molecule has 2 aliphatic heterocycles. The number of halogens is 1. The number of amides is 2. The van der Waals surface area contributed by atoms with Crippen molar-refractivity contribution < 1.29 is 23.8 Å². The summed E-state index contributed by atoms with van der Waals surface area (Å²) in [4.78, 5) is 31.3. The zero-order chi connectivity index (χ0) is 29.3. The lowest BCUT2D eigenvalue weighted by molar-refractivity contribution is -0.147. The Kier molecular flexibility index (Phi) is 7.76. The number of benzene rings is 3. The molecule has 3 aromatic carbocycles. The van der Waals surface area contributed by atoms with Crippen LogP contribution in [-0.4, -0.2) is 59.5 Å². The second-order valence-corrected chi connectivity index (χ2v) is 10.3. The van der Waals surface area contributed by atoms with Crippen LogP contribution < -0.4 is 15.8 Å². The lowest BCUT2D eigenvalue weighted by atomic mass is 9.90. The number of hydrogen-bond donors (Lipinski definition) is 3. The molecule has 212 valence electrons. The van der Waals surface area contributed by atoms with E-state index < -0.39 is 17.7 Å². The van der Waals surface area contributed by atoms with Crippen LogP contribution in [0.3, 0.4) is 0 Å². The van der Waals surface area contributed by atoms with Gasteiger partial charge in [-0.25, -0.2) is 14.2 Å². The molecule has 4 N–H and O–H groups in total. The number of rotatable bonds is 7. The van der Waals surface area contributed by atoms with E-state index >= 15 is 4.39 Å². The number of carbonyl (C=O) groups excluding carboxylic acids is 1. The molecule has 0 spiro atoms. The highest BCUT2D eigenvalue weighted by Gasteiger charge is 2.33. The van der Waals surface area contributed by atoms with Gasteiger partial charge in [-0.15, -0.1) is 0 Å². The summed E-state index contributed by atoms with van der Waals surface area (Å²) in [5.74, 6) is -0.877. The van der Waals surface area contributed by atoms with Gasteiger partial charge in [0.05, 0.1) is 19.6 Å². The largest absolute Gasteiger partial charge is 0.496 e. The lowest BCUT2D eigenvalue weighted by Gasteiger charge is -2.36. The van der Waals surface area contributed by atoms with Crippen molar-refractivity contribution in [1.82, 2.24) is 9.80 Å². The van der Waals surface area contributed by atoms with Crippen LogP contribution in [0.25, 0.3) is 22.3 Å². The highest BCUT2D eigenvalue weighted by atomic mass is 19.1. The van der Waals surface area contributed by atoms with Gasteiger partial charge in [0.15, 0.2) is 0 Å². The molecular formula is C31H32FN5O4. The molecule has 2 heterocycles. The zero-order valence-corrected chi connectivity index (χ0v) is 23.1. The monoisotopic (exact) mass is 557 g/mol. The number of carboxylic acid groups (broad SMARTS) is 1. The molecular weight excluding hydrogens is 525 g/mol. The number of methoxy groups -OCH3 is 1. The van der Waals surface area contributed by atoms with Crippen molar-refractivity contribution in [3.8, 4) is 28.0 Å². The van der Waals surface area contributed by atoms with Crippen molar-refractivity contribution in [2.24, 2.45) is 16.6 Å². The lowest BCUT2D eigenvalue weighted by Crippen LogP contribution is -2.49. The molecule has 0 aromatic heterocycles. The number of carboxylic acids is 1. The van der Waals surface area contributed by atoms with E-state index in [9.17, 15) is 9.59 Å². The number of hydrogen-bond acceptors (Lipinski definition) is 6. The smallest absolute Gasteiger partial charge is 0.326 e. The molecule has 0 atom stereocenters. The van der Waals surface area contributed by atoms with Gasteiger partial charge in [-0.3, -0.25) is 14.6 Å². The number of nitrogens with one attached hydrogen (secondary N) is 1. The second kappa shape index (κ2) is 11.4. The highest BCUT2D eigenvalue weighted by Crippen LogP contribution is 2.38. The number of aliphatic imine (C=N–C) groups is 1. The van der Waals surface area contributed by atoms with Crippen LogP contribution in [0, 0.1) is 25.6 Å². The third-order valence-corrected chi connectivity index (χ3v) is 7.65. The van der Waals surface area contributed by atoms with Gasteiger partial charge in [-0.1, -0.05) is 30.3 Å². The van der Waals surface area contributed by atoms with Gasteiger partial charge in [-0.2, -0.15) is 0 Å². The maximum atomic E-state index is 15.4. The van der Waals surface area contributed by atoms with Crippen molar-refractivity contribution in [1.29, 1.82) is 0 Å². The second-order valence-electron chi connectivity index (χ2n) is 10.3. The Morgan fingerprint density at radius 1 is 1.10 bits per heavy atom. The van der Waals surface area contributed by atoms with E-state index in [1.54, 1.807) is 6.20 Å². The molecule has 0 aliphatic carbocycles. The Labute approximate surface area is 237 Å².